The van der Waals surface area contributed by atoms with Crippen molar-refractivity contribution in [2.24, 2.45) is 0 Å². The molecule has 1 saturated heterocycles. The summed E-state index contributed by atoms with van der Waals surface area (Å²) >= 11 is 0. The van der Waals surface area contributed by atoms with Gasteiger partial charge in [0.2, 0.25) is 0 Å². The Hall–Kier alpha value is -1.95. The van der Waals surface area contributed by atoms with Gasteiger partial charge in [0.15, 0.2) is 0 Å². The van der Waals surface area contributed by atoms with Gasteiger partial charge in [-0.05, 0) is 32.4 Å². The molecule has 6 heteroatoms. The first kappa shape index (κ1) is 13.5. The maximum Gasteiger partial charge on any atom is 0.272 e. The third-order valence-corrected chi connectivity index (χ3v) is 3.38. The standard InChI is InChI=1S/C13H16N2O4/c1-9-7-10(3-4-11(9)15(18)19)12(16)14-6-5-13(2,17)8-14/h3-4,7,17H,5-6,8H2,1-2H3. The van der Waals surface area contributed by atoms with Crippen molar-refractivity contribution in [3.05, 3.63) is 39.4 Å². The van der Waals surface area contributed by atoms with Gasteiger partial charge in [-0.15, -0.1) is 0 Å². The highest BCUT2D eigenvalue weighted by Crippen LogP contribution is 2.24. The molecule has 0 aliphatic carbocycles. The van der Waals surface area contributed by atoms with E-state index < -0.39 is 10.5 Å². The number of β-amino-alcohol motifs (C(OH)–C–C–N with tert-alkyl or cyclic N) is 1. The van der Waals surface area contributed by atoms with Gasteiger partial charge in [-0.2, -0.15) is 0 Å². The zero-order chi connectivity index (χ0) is 14.2. The van der Waals surface area contributed by atoms with Crippen LogP contribution in [0.1, 0.15) is 29.3 Å². The fourth-order valence-corrected chi connectivity index (χ4v) is 2.29. The van der Waals surface area contributed by atoms with Crippen LogP contribution in [-0.2, 0) is 0 Å². The van der Waals surface area contributed by atoms with Gasteiger partial charge in [0.25, 0.3) is 11.6 Å². The molecular formula is C13H16N2O4. The Bertz CT molecular complexity index is 539. The summed E-state index contributed by atoms with van der Waals surface area (Å²) in [4.78, 5) is 24.0. The summed E-state index contributed by atoms with van der Waals surface area (Å²) < 4.78 is 0. The molecule has 1 aromatic rings. The van der Waals surface area contributed by atoms with E-state index in [1.807, 2.05) is 0 Å². The first-order valence-electron chi connectivity index (χ1n) is 6.07. The molecule has 1 atom stereocenters. The van der Waals surface area contributed by atoms with Crippen molar-refractivity contribution >= 4 is 11.6 Å². The molecule has 1 fully saturated rings. The molecule has 1 aliphatic rings. The van der Waals surface area contributed by atoms with Crippen molar-refractivity contribution in [1.82, 2.24) is 4.90 Å². The number of carbonyl (C=O) groups excluding carboxylic acids is 1. The van der Waals surface area contributed by atoms with Gasteiger partial charge < -0.3 is 10.0 Å². The number of nitro benzene ring substituents is 1. The highest BCUT2D eigenvalue weighted by atomic mass is 16.6. The monoisotopic (exact) mass is 264 g/mol. The van der Waals surface area contributed by atoms with Gasteiger partial charge in [0.1, 0.15) is 0 Å². The van der Waals surface area contributed by atoms with E-state index in [4.69, 9.17) is 0 Å². The summed E-state index contributed by atoms with van der Waals surface area (Å²) in [5.74, 6) is -0.198. The molecule has 6 nitrogen and oxygen atoms in total. The van der Waals surface area contributed by atoms with Crippen molar-refractivity contribution in [1.29, 1.82) is 0 Å². The van der Waals surface area contributed by atoms with Crippen LogP contribution in [0.15, 0.2) is 18.2 Å². The Morgan fingerprint density at radius 1 is 1.53 bits per heavy atom. The summed E-state index contributed by atoms with van der Waals surface area (Å²) in [5, 5.41) is 20.6. The van der Waals surface area contributed by atoms with Crippen LogP contribution in [0, 0.1) is 17.0 Å². The second-order valence-corrected chi connectivity index (χ2v) is 5.23. The molecule has 0 spiro atoms. The van der Waals surface area contributed by atoms with Crippen LogP contribution in [0.3, 0.4) is 0 Å². The van der Waals surface area contributed by atoms with Crippen LogP contribution in [0.2, 0.25) is 0 Å². The van der Waals surface area contributed by atoms with Crippen LogP contribution in [0.25, 0.3) is 0 Å². The van der Waals surface area contributed by atoms with Crippen LogP contribution in [0.4, 0.5) is 5.69 Å². The Morgan fingerprint density at radius 3 is 2.68 bits per heavy atom. The summed E-state index contributed by atoms with van der Waals surface area (Å²) in [6, 6.07) is 4.32. The summed E-state index contributed by atoms with van der Waals surface area (Å²) in [5.41, 5.74) is 0.0402. The summed E-state index contributed by atoms with van der Waals surface area (Å²) in [7, 11) is 0. The molecule has 0 radical (unpaired) electrons. The minimum Gasteiger partial charge on any atom is -0.388 e. The number of likely N-dealkylation sites (tertiary alicyclic amines) is 1. The second kappa shape index (κ2) is 4.62. The molecule has 1 amide bonds. The smallest absolute Gasteiger partial charge is 0.272 e. The molecule has 1 unspecified atom stereocenters. The average molecular weight is 264 g/mol. The van der Waals surface area contributed by atoms with Gasteiger partial charge >= 0.3 is 0 Å². The van der Waals surface area contributed by atoms with Gasteiger partial charge in [-0.1, -0.05) is 0 Å². The third-order valence-electron chi connectivity index (χ3n) is 3.38. The zero-order valence-electron chi connectivity index (χ0n) is 10.9. The molecule has 0 bridgehead atoms. The van der Waals surface area contributed by atoms with Crippen molar-refractivity contribution in [2.75, 3.05) is 13.1 Å². The van der Waals surface area contributed by atoms with E-state index in [1.54, 1.807) is 18.7 Å². The van der Waals surface area contributed by atoms with Crippen molar-refractivity contribution < 1.29 is 14.8 Å². The largest absolute Gasteiger partial charge is 0.388 e. The lowest BCUT2D eigenvalue weighted by Gasteiger charge is -2.19. The lowest BCUT2D eigenvalue weighted by molar-refractivity contribution is -0.385. The number of aliphatic hydroxyl groups is 1. The first-order chi connectivity index (χ1) is 8.80. The third kappa shape index (κ3) is 2.73. The minimum atomic E-state index is -0.842. The number of hydrogen-bond donors (Lipinski definition) is 1. The maximum absolute atomic E-state index is 12.2. The summed E-state index contributed by atoms with van der Waals surface area (Å²) in [6.07, 6.45) is 0.546. The van der Waals surface area contributed by atoms with Crippen LogP contribution >= 0.6 is 0 Å². The van der Waals surface area contributed by atoms with E-state index in [0.717, 1.165) is 0 Å². The fraction of sp³-hybridized carbons (Fsp3) is 0.462. The number of amides is 1. The van der Waals surface area contributed by atoms with Crippen molar-refractivity contribution in [3.8, 4) is 0 Å². The predicted molar refractivity (Wildman–Crippen MR) is 69.0 cm³/mol. The van der Waals surface area contributed by atoms with E-state index in [2.05, 4.69) is 0 Å². The van der Waals surface area contributed by atoms with Gasteiger partial charge in [0.05, 0.1) is 10.5 Å². The highest BCUT2D eigenvalue weighted by molar-refractivity contribution is 5.95. The number of nitrogens with zero attached hydrogens (tertiary/aromatic N) is 2. The fourth-order valence-electron chi connectivity index (χ4n) is 2.29. The molecule has 1 heterocycles. The van der Waals surface area contributed by atoms with Crippen LogP contribution < -0.4 is 0 Å². The Balaban J connectivity index is 2.21. The number of nitro groups is 1. The minimum absolute atomic E-state index is 0.00460. The molecule has 0 saturated carbocycles. The lowest BCUT2D eigenvalue weighted by atomic mass is 10.1. The molecule has 19 heavy (non-hydrogen) atoms. The quantitative estimate of drug-likeness (QED) is 0.648. The molecule has 0 aromatic heterocycles. The topological polar surface area (TPSA) is 83.7 Å². The molecule has 1 aromatic carbocycles. The predicted octanol–water partition coefficient (Wildman–Crippen LogP) is 1.50. The van der Waals surface area contributed by atoms with Gasteiger partial charge in [-0.3, -0.25) is 14.9 Å². The number of aryl methyl sites for hydroxylation is 1. The summed E-state index contributed by atoms with van der Waals surface area (Å²) in [6.45, 7) is 4.10. The molecular weight excluding hydrogens is 248 g/mol. The van der Waals surface area contributed by atoms with E-state index in [1.165, 1.54) is 18.2 Å². The second-order valence-electron chi connectivity index (χ2n) is 5.23. The maximum atomic E-state index is 12.2. The molecule has 2 rings (SSSR count). The number of rotatable bonds is 2. The lowest BCUT2D eigenvalue weighted by Crippen LogP contribution is -2.33. The average Bonchev–Trinajstić information content (AvgIpc) is 2.68. The number of benzene rings is 1. The molecule has 1 aliphatic heterocycles. The SMILES string of the molecule is Cc1cc(C(=O)N2CCC(C)(O)C2)ccc1[N+](=O)[O-]. The first-order valence-corrected chi connectivity index (χ1v) is 6.07. The van der Waals surface area contributed by atoms with Crippen molar-refractivity contribution in [3.63, 3.8) is 0 Å². The van der Waals surface area contributed by atoms with Crippen LogP contribution in [-0.4, -0.2) is 39.5 Å². The van der Waals surface area contributed by atoms with Gasteiger partial charge in [0, 0.05) is 30.3 Å². The highest BCUT2D eigenvalue weighted by Gasteiger charge is 2.34. The van der Waals surface area contributed by atoms with Crippen molar-refractivity contribution in [2.45, 2.75) is 25.9 Å². The van der Waals surface area contributed by atoms with E-state index in [9.17, 15) is 20.0 Å². The normalized spacial score (nSPS) is 22.6. The Labute approximate surface area is 110 Å². The van der Waals surface area contributed by atoms with E-state index >= 15 is 0 Å². The number of carbonyl (C=O) groups is 1. The van der Waals surface area contributed by atoms with E-state index in [0.29, 0.717) is 30.6 Å². The molecule has 1 N–H and O–H groups in total. The molecule has 102 valence electrons. The van der Waals surface area contributed by atoms with E-state index in [-0.39, 0.29) is 11.6 Å². The Kier molecular flexibility index (Phi) is 3.28. The number of hydrogen-bond acceptors (Lipinski definition) is 4. The zero-order valence-corrected chi connectivity index (χ0v) is 10.9. The van der Waals surface area contributed by atoms with Gasteiger partial charge in [-0.25, -0.2) is 0 Å². The Morgan fingerprint density at radius 2 is 2.21 bits per heavy atom. The van der Waals surface area contributed by atoms with Crippen LogP contribution in [0.5, 0.6) is 0 Å².